The Hall–Kier alpha value is -3.66. The van der Waals surface area contributed by atoms with Crippen LogP contribution in [0.1, 0.15) is 23.0 Å². The molecule has 2 aromatic carbocycles. The van der Waals surface area contributed by atoms with Crippen LogP contribution in [0.25, 0.3) is 0 Å². The van der Waals surface area contributed by atoms with Gasteiger partial charge in [-0.25, -0.2) is 0 Å². The number of thioether (sulfide) groups is 1. The van der Waals surface area contributed by atoms with Gasteiger partial charge in [-0.3, -0.25) is 9.59 Å². The summed E-state index contributed by atoms with van der Waals surface area (Å²) in [4.78, 5) is 28.5. The zero-order chi connectivity index (χ0) is 24.2. The van der Waals surface area contributed by atoms with E-state index >= 15 is 0 Å². The molecule has 9 nitrogen and oxygen atoms in total. The standard InChI is InChI=1S/C24H25N3O6S/c1-14-9-21(26-33-14)25-22(28)13-27-16-7-5-6-8-19(16)34-20(12-23(27)29)15-10-17(30-2)24(32-4)18(11-15)31-3/h5-11,20H,12-13H2,1-4H3,(H,25,26,28)/t20-/m1/s1. The van der Waals surface area contributed by atoms with Crippen LogP contribution in [0.3, 0.4) is 0 Å². The zero-order valence-electron chi connectivity index (χ0n) is 19.3. The molecule has 0 bridgehead atoms. The maximum atomic E-state index is 13.4. The van der Waals surface area contributed by atoms with E-state index in [0.717, 1.165) is 10.5 Å². The minimum absolute atomic E-state index is 0.149. The molecular formula is C24H25N3O6S. The molecule has 0 radical (unpaired) electrons. The van der Waals surface area contributed by atoms with Gasteiger partial charge in [0.05, 0.1) is 27.0 Å². The van der Waals surface area contributed by atoms with Crippen molar-refractivity contribution >= 4 is 35.1 Å². The monoisotopic (exact) mass is 483 g/mol. The number of nitrogens with one attached hydrogen (secondary N) is 1. The molecule has 1 aliphatic heterocycles. The molecule has 3 aromatic rings. The van der Waals surface area contributed by atoms with E-state index in [9.17, 15) is 9.59 Å². The summed E-state index contributed by atoms with van der Waals surface area (Å²) < 4.78 is 21.4. The van der Waals surface area contributed by atoms with Crippen molar-refractivity contribution in [3.63, 3.8) is 0 Å². The van der Waals surface area contributed by atoms with Crippen LogP contribution in [0.5, 0.6) is 17.2 Å². The maximum absolute atomic E-state index is 13.4. The fourth-order valence-electron chi connectivity index (χ4n) is 3.78. The third-order valence-electron chi connectivity index (χ3n) is 5.34. The number of carbonyl (C=O) groups is 2. The quantitative estimate of drug-likeness (QED) is 0.533. The molecule has 0 fully saturated rings. The number of aromatic nitrogens is 1. The van der Waals surface area contributed by atoms with Crippen LogP contribution < -0.4 is 24.4 Å². The van der Waals surface area contributed by atoms with E-state index in [2.05, 4.69) is 10.5 Å². The van der Waals surface area contributed by atoms with E-state index in [-0.39, 0.29) is 30.0 Å². The first-order valence-corrected chi connectivity index (χ1v) is 11.4. The number of hydrogen-bond donors (Lipinski definition) is 1. The molecule has 0 unspecified atom stereocenters. The first kappa shape index (κ1) is 23.5. The average molecular weight is 484 g/mol. The largest absolute Gasteiger partial charge is 0.493 e. The molecular weight excluding hydrogens is 458 g/mol. The lowest BCUT2D eigenvalue weighted by atomic mass is 10.1. The summed E-state index contributed by atoms with van der Waals surface area (Å²) in [5.41, 5.74) is 1.53. The molecule has 1 atom stereocenters. The molecule has 2 heterocycles. The third kappa shape index (κ3) is 4.81. The molecule has 0 saturated heterocycles. The number of fused-ring (bicyclic) bond motifs is 1. The van der Waals surface area contributed by atoms with Crippen molar-refractivity contribution in [2.75, 3.05) is 38.1 Å². The Balaban J connectivity index is 1.64. The molecule has 0 spiro atoms. The second-order valence-corrected chi connectivity index (χ2v) is 8.83. The fraction of sp³-hybridized carbons (Fsp3) is 0.292. The number of benzene rings is 2. The number of aryl methyl sites for hydroxylation is 1. The van der Waals surface area contributed by atoms with Crippen molar-refractivity contribution in [2.24, 2.45) is 0 Å². The number of carbonyl (C=O) groups excluding carboxylic acids is 2. The lowest BCUT2D eigenvalue weighted by Gasteiger charge is -2.22. The summed E-state index contributed by atoms with van der Waals surface area (Å²) in [6.07, 6.45) is 0.175. The van der Waals surface area contributed by atoms with Gasteiger partial charge in [-0.2, -0.15) is 0 Å². The fourth-order valence-corrected chi connectivity index (χ4v) is 5.04. The summed E-state index contributed by atoms with van der Waals surface area (Å²) in [6.45, 7) is 1.59. The number of ether oxygens (including phenoxy) is 3. The lowest BCUT2D eigenvalue weighted by Crippen LogP contribution is -2.38. The van der Waals surface area contributed by atoms with Crippen LogP contribution in [0.4, 0.5) is 11.5 Å². The minimum Gasteiger partial charge on any atom is -0.493 e. The molecule has 10 heteroatoms. The number of methoxy groups -OCH3 is 3. The first-order chi connectivity index (χ1) is 16.4. The van der Waals surface area contributed by atoms with Gasteiger partial charge in [0, 0.05) is 22.6 Å². The van der Waals surface area contributed by atoms with Crippen molar-refractivity contribution in [3.8, 4) is 17.2 Å². The van der Waals surface area contributed by atoms with E-state index in [0.29, 0.717) is 34.5 Å². The second-order valence-electron chi connectivity index (χ2n) is 7.59. The molecule has 1 aliphatic rings. The predicted octanol–water partition coefficient (Wildman–Crippen LogP) is 4.22. The number of nitrogens with zero attached hydrogens (tertiary/aromatic N) is 2. The van der Waals surface area contributed by atoms with Crippen LogP contribution in [-0.2, 0) is 9.59 Å². The maximum Gasteiger partial charge on any atom is 0.245 e. The van der Waals surface area contributed by atoms with Gasteiger partial charge in [0.25, 0.3) is 0 Å². The number of hydrogen-bond acceptors (Lipinski definition) is 8. The Kier molecular flexibility index (Phi) is 6.97. The molecule has 0 aliphatic carbocycles. The highest BCUT2D eigenvalue weighted by atomic mass is 32.2. The van der Waals surface area contributed by atoms with Gasteiger partial charge in [0.15, 0.2) is 17.3 Å². The van der Waals surface area contributed by atoms with Crippen LogP contribution in [-0.4, -0.2) is 44.8 Å². The van der Waals surface area contributed by atoms with Gasteiger partial charge in [-0.1, -0.05) is 17.3 Å². The van der Waals surface area contributed by atoms with Crippen molar-refractivity contribution in [2.45, 2.75) is 23.5 Å². The van der Waals surface area contributed by atoms with Crippen molar-refractivity contribution < 1.29 is 28.3 Å². The average Bonchev–Trinajstić information content (AvgIpc) is 3.19. The Morgan fingerprint density at radius 1 is 1.15 bits per heavy atom. The number of anilines is 2. The van der Waals surface area contributed by atoms with E-state index in [4.69, 9.17) is 18.7 Å². The van der Waals surface area contributed by atoms with E-state index in [1.54, 1.807) is 46.1 Å². The summed E-state index contributed by atoms with van der Waals surface area (Å²) >= 11 is 1.55. The van der Waals surface area contributed by atoms with Crippen molar-refractivity contribution in [3.05, 3.63) is 53.8 Å². The highest BCUT2D eigenvalue weighted by Crippen LogP contribution is 2.49. The zero-order valence-corrected chi connectivity index (χ0v) is 20.1. The summed E-state index contributed by atoms with van der Waals surface area (Å²) in [5, 5.41) is 6.23. The topological polar surface area (TPSA) is 103 Å². The smallest absolute Gasteiger partial charge is 0.245 e. The Morgan fingerprint density at radius 2 is 1.85 bits per heavy atom. The van der Waals surface area contributed by atoms with Gasteiger partial charge in [-0.15, -0.1) is 11.8 Å². The molecule has 2 amide bonds. The predicted molar refractivity (Wildman–Crippen MR) is 128 cm³/mol. The van der Waals surface area contributed by atoms with E-state index in [1.807, 2.05) is 36.4 Å². The summed E-state index contributed by atoms with van der Waals surface area (Å²) in [6, 6.07) is 12.9. The Labute approximate surface area is 201 Å². The normalized spacial score (nSPS) is 15.4. The van der Waals surface area contributed by atoms with Gasteiger partial charge >= 0.3 is 0 Å². The molecule has 178 valence electrons. The van der Waals surface area contributed by atoms with Crippen LogP contribution >= 0.6 is 11.8 Å². The summed E-state index contributed by atoms with van der Waals surface area (Å²) in [7, 11) is 4.65. The van der Waals surface area contributed by atoms with Gasteiger partial charge in [-0.05, 0) is 36.8 Å². The van der Waals surface area contributed by atoms with Crippen LogP contribution in [0.2, 0.25) is 0 Å². The number of rotatable bonds is 7. The van der Waals surface area contributed by atoms with Crippen LogP contribution in [0, 0.1) is 6.92 Å². The SMILES string of the molecule is COc1cc([C@H]2CC(=O)N(CC(=O)Nc3cc(C)on3)c3ccccc3S2)cc(OC)c1OC. The highest BCUT2D eigenvalue weighted by molar-refractivity contribution is 7.99. The van der Waals surface area contributed by atoms with E-state index in [1.165, 1.54) is 4.90 Å². The van der Waals surface area contributed by atoms with Gasteiger partial charge < -0.3 is 29.0 Å². The van der Waals surface area contributed by atoms with Gasteiger partial charge in [0.2, 0.25) is 17.6 Å². The second kappa shape index (κ2) is 10.1. The van der Waals surface area contributed by atoms with Crippen LogP contribution in [0.15, 0.2) is 51.9 Å². The Morgan fingerprint density at radius 3 is 2.47 bits per heavy atom. The number of para-hydroxylation sites is 1. The molecule has 34 heavy (non-hydrogen) atoms. The third-order valence-corrected chi connectivity index (χ3v) is 6.66. The Bertz CT molecular complexity index is 1190. The molecule has 4 rings (SSSR count). The summed E-state index contributed by atoms with van der Waals surface area (Å²) in [5.74, 6) is 1.86. The van der Waals surface area contributed by atoms with Crippen molar-refractivity contribution in [1.82, 2.24) is 5.16 Å². The highest BCUT2D eigenvalue weighted by Gasteiger charge is 2.31. The van der Waals surface area contributed by atoms with Crippen molar-refractivity contribution in [1.29, 1.82) is 0 Å². The number of amides is 2. The lowest BCUT2D eigenvalue weighted by molar-refractivity contribution is -0.121. The molecule has 0 saturated carbocycles. The van der Waals surface area contributed by atoms with E-state index < -0.39 is 0 Å². The molecule has 1 aromatic heterocycles. The van der Waals surface area contributed by atoms with Gasteiger partial charge in [0.1, 0.15) is 12.3 Å². The minimum atomic E-state index is -0.368. The molecule has 1 N–H and O–H groups in total. The first-order valence-electron chi connectivity index (χ1n) is 10.5.